The molecule has 3 nitrogen and oxygen atoms in total. The van der Waals surface area contributed by atoms with Gasteiger partial charge in [-0.25, -0.2) is 0 Å². The number of halogens is 1. The Morgan fingerprint density at radius 1 is 1.25 bits per heavy atom. The quantitative estimate of drug-likeness (QED) is 0.874. The zero-order chi connectivity index (χ0) is 13.9. The van der Waals surface area contributed by atoms with Gasteiger partial charge in [-0.3, -0.25) is 4.79 Å². The van der Waals surface area contributed by atoms with Crippen molar-refractivity contribution in [2.24, 2.45) is 0 Å². The van der Waals surface area contributed by atoms with Gasteiger partial charge in [-0.2, -0.15) is 0 Å². The van der Waals surface area contributed by atoms with Crippen molar-refractivity contribution >= 4 is 27.5 Å². The second-order valence-electron chi connectivity index (χ2n) is 4.74. The highest BCUT2D eigenvalue weighted by atomic mass is 79.9. The van der Waals surface area contributed by atoms with Crippen molar-refractivity contribution in [3.8, 4) is 5.75 Å². The van der Waals surface area contributed by atoms with E-state index in [9.17, 15) is 4.79 Å². The number of carbonyl (C=O) groups is 1. The number of ether oxygens (including phenoxy) is 1. The molecule has 0 aromatic heterocycles. The molecule has 1 N–H and O–H groups in total. The molecule has 1 amide bonds. The summed E-state index contributed by atoms with van der Waals surface area (Å²) in [7, 11) is 0. The average molecular weight is 332 g/mol. The van der Waals surface area contributed by atoms with Crippen molar-refractivity contribution in [2.75, 3.05) is 5.32 Å². The number of rotatable bonds is 3. The molecule has 102 valence electrons. The van der Waals surface area contributed by atoms with Crippen molar-refractivity contribution in [1.82, 2.24) is 0 Å². The lowest BCUT2D eigenvalue weighted by Gasteiger charge is -2.11. The molecular weight excluding hydrogens is 318 g/mol. The molecule has 2 aromatic carbocycles. The highest BCUT2D eigenvalue weighted by molar-refractivity contribution is 9.08. The highest BCUT2D eigenvalue weighted by Crippen LogP contribution is 2.28. The minimum atomic E-state index is -0.444. The lowest BCUT2D eigenvalue weighted by molar-refractivity contribution is -0.122. The number of alkyl halides is 1. The van der Waals surface area contributed by atoms with Crippen molar-refractivity contribution in [3.05, 3.63) is 59.7 Å². The van der Waals surface area contributed by atoms with Crippen molar-refractivity contribution < 1.29 is 9.53 Å². The number of anilines is 1. The Morgan fingerprint density at radius 3 is 2.90 bits per heavy atom. The minimum absolute atomic E-state index is 0.104. The number of carbonyl (C=O) groups excluding carboxylic acids is 1. The monoisotopic (exact) mass is 331 g/mol. The number of nitrogens with one attached hydrogen (secondary N) is 1. The number of fused-ring (bicyclic) bond motifs is 1. The van der Waals surface area contributed by atoms with Crippen LogP contribution in [0.15, 0.2) is 48.5 Å². The first kappa shape index (κ1) is 13.2. The summed E-state index contributed by atoms with van der Waals surface area (Å²) in [4.78, 5) is 12.2. The van der Waals surface area contributed by atoms with E-state index in [0.29, 0.717) is 6.42 Å². The molecule has 0 aliphatic carbocycles. The summed E-state index contributed by atoms with van der Waals surface area (Å²) in [5, 5.41) is 3.67. The van der Waals surface area contributed by atoms with Crippen LogP contribution in [0.3, 0.4) is 0 Å². The summed E-state index contributed by atoms with van der Waals surface area (Å²) in [5.74, 6) is 0.704. The second-order valence-corrected chi connectivity index (χ2v) is 5.30. The van der Waals surface area contributed by atoms with Gasteiger partial charge >= 0.3 is 0 Å². The van der Waals surface area contributed by atoms with Gasteiger partial charge < -0.3 is 10.1 Å². The molecule has 3 rings (SSSR count). The van der Waals surface area contributed by atoms with Gasteiger partial charge in [-0.1, -0.05) is 46.3 Å². The molecule has 2 aromatic rings. The van der Waals surface area contributed by atoms with Gasteiger partial charge in [0.2, 0.25) is 0 Å². The van der Waals surface area contributed by atoms with E-state index in [1.807, 2.05) is 48.5 Å². The Hall–Kier alpha value is -1.81. The third-order valence-electron chi connectivity index (χ3n) is 3.29. The molecule has 1 atom stereocenters. The van der Waals surface area contributed by atoms with Crippen molar-refractivity contribution in [3.63, 3.8) is 0 Å². The molecule has 0 saturated carbocycles. The Bertz CT molecular complexity index is 617. The Balaban J connectivity index is 1.69. The Morgan fingerprint density at radius 2 is 2.10 bits per heavy atom. The van der Waals surface area contributed by atoms with Crippen LogP contribution in [0, 0.1) is 0 Å². The van der Waals surface area contributed by atoms with Gasteiger partial charge in [-0.05, 0) is 29.3 Å². The first-order chi connectivity index (χ1) is 9.76. The summed E-state index contributed by atoms with van der Waals surface area (Å²) in [5.41, 5.74) is 3.01. The van der Waals surface area contributed by atoms with Crippen LogP contribution in [0.4, 0.5) is 5.69 Å². The van der Waals surface area contributed by atoms with Crippen LogP contribution >= 0.6 is 15.9 Å². The van der Waals surface area contributed by atoms with E-state index in [4.69, 9.17) is 4.74 Å². The predicted octanol–water partition coefficient (Wildman–Crippen LogP) is 3.52. The highest BCUT2D eigenvalue weighted by Gasteiger charge is 2.28. The molecule has 1 unspecified atom stereocenters. The third-order valence-corrected chi connectivity index (χ3v) is 3.94. The number of hydrogen-bond donors (Lipinski definition) is 1. The van der Waals surface area contributed by atoms with Crippen molar-refractivity contribution in [2.45, 2.75) is 17.9 Å². The molecule has 1 aliphatic rings. The van der Waals surface area contributed by atoms with Crippen LogP contribution in [-0.4, -0.2) is 12.0 Å². The van der Waals surface area contributed by atoms with Crippen LogP contribution < -0.4 is 10.1 Å². The number of benzene rings is 2. The van der Waals surface area contributed by atoms with Crippen molar-refractivity contribution in [1.29, 1.82) is 0 Å². The fourth-order valence-corrected chi connectivity index (χ4v) is 2.63. The molecule has 4 heteroatoms. The summed E-state index contributed by atoms with van der Waals surface area (Å²) in [6.07, 6.45) is 0.181. The Labute approximate surface area is 126 Å². The SMILES string of the molecule is O=C(Nc1cccc(CBr)c1)C1Cc2ccccc2O1. The number of hydrogen-bond acceptors (Lipinski definition) is 2. The summed E-state index contributed by atoms with van der Waals surface area (Å²) in [6, 6.07) is 15.5. The van der Waals surface area contributed by atoms with E-state index in [2.05, 4.69) is 21.2 Å². The van der Waals surface area contributed by atoms with E-state index in [1.54, 1.807) is 0 Å². The van der Waals surface area contributed by atoms with Crippen LogP contribution in [-0.2, 0) is 16.5 Å². The van der Waals surface area contributed by atoms with Gasteiger partial charge in [0.15, 0.2) is 6.10 Å². The van der Waals surface area contributed by atoms with Gasteiger partial charge in [-0.15, -0.1) is 0 Å². The van der Waals surface area contributed by atoms with Crippen LogP contribution in [0.1, 0.15) is 11.1 Å². The predicted molar refractivity (Wildman–Crippen MR) is 82.3 cm³/mol. The molecule has 0 radical (unpaired) electrons. The van der Waals surface area contributed by atoms with Crippen LogP contribution in [0.5, 0.6) is 5.75 Å². The van der Waals surface area contributed by atoms with Gasteiger partial charge in [0.25, 0.3) is 5.91 Å². The molecule has 0 spiro atoms. The molecule has 20 heavy (non-hydrogen) atoms. The Kier molecular flexibility index (Phi) is 3.74. The van der Waals surface area contributed by atoms with Crippen LogP contribution in [0.25, 0.3) is 0 Å². The van der Waals surface area contributed by atoms with Gasteiger partial charge in [0.05, 0.1) is 0 Å². The minimum Gasteiger partial charge on any atom is -0.480 e. The fourth-order valence-electron chi connectivity index (χ4n) is 2.28. The normalized spacial score (nSPS) is 16.4. The molecule has 0 fully saturated rings. The largest absolute Gasteiger partial charge is 0.480 e. The maximum atomic E-state index is 12.2. The molecule has 0 bridgehead atoms. The van der Waals surface area contributed by atoms with E-state index in [1.165, 1.54) is 0 Å². The van der Waals surface area contributed by atoms with E-state index in [0.717, 1.165) is 27.9 Å². The van der Waals surface area contributed by atoms with Gasteiger partial charge in [0, 0.05) is 17.4 Å². The van der Waals surface area contributed by atoms with E-state index >= 15 is 0 Å². The zero-order valence-electron chi connectivity index (χ0n) is 10.8. The maximum Gasteiger partial charge on any atom is 0.265 e. The smallest absolute Gasteiger partial charge is 0.265 e. The number of para-hydroxylation sites is 1. The average Bonchev–Trinajstić information content (AvgIpc) is 2.91. The van der Waals surface area contributed by atoms with E-state index in [-0.39, 0.29) is 5.91 Å². The first-order valence-corrected chi connectivity index (χ1v) is 7.59. The fraction of sp³-hybridized carbons (Fsp3) is 0.188. The molecular formula is C16H14BrNO2. The van der Waals surface area contributed by atoms with Crippen LogP contribution in [0.2, 0.25) is 0 Å². The lowest BCUT2D eigenvalue weighted by atomic mass is 10.1. The second kappa shape index (κ2) is 5.67. The standard InChI is InChI=1S/C16H14BrNO2/c17-10-11-4-3-6-13(8-11)18-16(19)15-9-12-5-1-2-7-14(12)20-15/h1-8,15H,9-10H2,(H,18,19). The summed E-state index contributed by atoms with van der Waals surface area (Å²) in [6.45, 7) is 0. The van der Waals surface area contributed by atoms with Gasteiger partial charge in [0.1, 0.15) is 5.75 Å². The summed E-state index contributed by atoms with van der Waals surface area (Å²) < 4.78 is 5.68. The number of amides is 1. The maximum absolute atomic E-state index is 12.2. The molecule has 1 aliphatic heterocycles. The molecule has 0 saturated heterocycles. The topological polar surface area (TPSA) is 38.3 Å². The first-order valence-electron chi connectivity index (χ1n) is 6.46. The zero-order valence-corrected chi connectivity index (χ0v) is 12.4. The summed E-state index contributed by atoms with van der Waals surface area (Å²) >= 11 is 3.41. The van der Waals surface area contributed by atoms with E-state index < -0.39 is 6.10 Å². The lowest BCUT2D eigenvalue weighted by Crippen LogP contribution is -2.31. The molecule has 1 heterocycles. The third kappa shape index (κ3) is 2.70.